The van der Waals surface area contributed by atoms with Crippen LogP contribution in [0.15, 0.2) is 97.1 Å². The summed E-state index contributed by atoms with van der Waals surface area (Å²) in [6.07, 6.45) is 0. The largest absolute Gasteiger partial charge is 0.484 e. The topological polar surface area (TPSA) is 132 Å². The van der Waals surface area contributed by atoms with Crippen LogP contribution in [-0.4, -0.2) is 62.7 Å². The lowest BCUT2D eigenvalue weighted by atomic mass is 10.1. The quantitative estimate of drug-likeness (QED) is 0.0741. The fraction of sp³-hybridized carbons (Fsp3) is 0.250. The van der Waals surface area contributed by atoms with E-state index < -0.39 is 9.85 Å². The van der Waals surface area contributed by atoms with E-state index in [0.29, 0.717) is 26.4 Å². The lowest BCUT2D eigenvalue weighted by Gasteiger charge is -2.10. The van der Waals surface area contributed by atoms with Crippen LogP contribution in [0.5, 0.6) is 11.5 Å². The Balaban J connectivity index is 1.05. The summed E-state index contributed by atoms with van der Waals surface area (Å²) in [6, 6.07) is 28.6. The van der Waals surface area contributed by atoms with Gasteiger partial charge in [-0.2, -0.15) is 0 Å². The third kappa shape index (κ3) is 9.60. The van der Waals surface area contributed by atoms with Gasteiger partial charge in [0.2, 0.25) is 0 Å². The molecule has 0 aliphatic heterocycles. The predicted molar refractivity (Wildman–Crippen MR) is 161 cm³/mol. The van der Waals surface area contributed by atoms with E-state index in [4.69, 9.17) is 23.7 Å². The van der Waals surface area contributed by atoms with Crippen LogP contribution in [0, 0.1) is 20.2 Å². The molecule has 43 heavy (non-hydrogen) atoms. The molecule has 4 rings (SSSR count). The van der Waals surface area contributed by atoms with Crippen LogP contribution in [0.2, 0.25) is 0 Å². The SMILES string of the molecule is O=[N+]([O-])c1cc(-c2ccccc2)ccc1OCCOCCOCCOCCOc1ccc(-c2ccccc2)cc1[N+](=O)[O-]. The zero-order chi connectivity index (χ0) is 30.3. The van der Waals surface area contributed by atoms with Crippen molar-refractivity contribution in [2.24, 2.45) is 0 Å². The number of ether oxygens (including phenoxy) is 5. The van der Waals surface area contributed by atoms with Crippen molar-refractivity contribution in [2.75, 3.05) is 52.9 Å². The van der Waals surface area contributed by atoms with Gasteiger partial charge in [-0.05, 0) is 34.4 Å². The van der Waals surface area contributed by atoms with Crippen molar-refractivity contribution in [3.8, 4) is 33.8 Å². The average molecular weight is 589 g/mol. The Hall–Kier alpha value is -4.84. The highest BCUT2D eigenvalue weighted by atomic mass is 16.6. The molecule has 0 saturated heterocycles. The molecule has 4 aromatic carbocycles. The molecule has 0 aromatic heterocycles. The van der Waals surface area contributed by atoms with Crippen LogP contribution in [0.3, 0.4) is 0 Å². The standard InChI is InChI=1S/C32H32N2O9/c35-33(36)29-23-27(25-7-3-1-4-8-25)11-13-31(29)42-21-19-40-17-15-39-16-18-41-20-22-43-32-14-12-28(24-30(32)34(37)38)26-9-5-2-6-10-26/h1-14,23-24H,15-22H2. The van der Waals surface area contributed by atoms with Crippen molar-refractivity contribution in [1.82, 2.24) is 0 Å². The molecule has 224 valence electrons. The highest BCUT2D eigenvalue weighted by Crippen LogP contribution is 2.33. The molecule has 0 amide bonds. The highest BCUT2D eigenvalue weighted by Gasteiger charge is 2.18. The zero-order valence-corrected chi connectivity index (χ0v) is 23.5. The van der Waals surface area contributed by atoms with Crippen molar-refractivity contribution in [1.29, 1.82) is 0 Å². The van der Waals surface area contributed by atoms with E-state index in [-0.39, 0.29) is 49.3 Å². The molecule has 0 atom stereocenters. The van der Waals surface area contributed by atoms with Gasteiger partial charge in [0.25, 0.3) is 0 Å². The Bertz CT molecular complexity index is 1360. The van der Waals surface area contributed by atoms with Crippen LogP contribution in [0.25, 0.3) is 22.3 Å². The molecule has 0 bridgehead atoms. The van der Waals surface area contributed by atoms with Crippen LogP contribution in [-0.2, 0) is 14.2 Å². The molecule has 0 radical (unpaired) electrons. The first-order valence-electron chi connectivity index (χ1n) is 13.7. The molecule has 11 nitrogen and oxygen atoms in total. The molecule has 0 saturated carbocycles. The summed E-state index contributed by atoms with van der Waals surface area (Å²) in [5.41, 5.74) is 3.04. The molecule has 0 unspecified atom stereocenters. The third-order valence-electron chi connectivity index (χ3n) is 6.24. The second-order valence-electron chi connectivity index (χ2n) is 9.15. The highest BCUT2D eigenvalue weighted by molar-refractivity contribution is 5.69. The summed E-state index contributed by atoms with van der Waals surface area (Å²) in [5.74, 6) is 0.369. The molecule has 0 fully saturated rings. The van der Waals surface area contributed by atoms with E-state index in [2.05, 4.69) is 0 Å². The van der Waals surface area contributed by atoms with Crippen LogP contribution < -0.4 is 9.47 Å². The van der Waals surface area contributed by atoms with Crippen molar-refractivity contribution < 1.29 is 33.5 Å². The number of hydrogen-bond acceptors (Lipinski definition) is 9. The maximum Gasteiger partial charge on any atom is 0.311 e. The van der Waals surface area contributed by atoms with Gasteiger partial charge in [0.15, 0.2) is 11.5 Å². The monoisotopic (exact) mass is 588 g/mol. The Morgan fingerprint density at radius 1 is 0.442 bits per heavy atom. The van der Waals surface area contributed by atoms with Gasteiger partial charge >= 0.3 is 11.4 Å². The predicted octanol–water partition coefficient (Wildman–Crippen LogP) is 6.34. The second-order valence-corrected chi connectivity index (χ2v) is 9.15. The van der Waals surface area contributed by atoms with E-state index >= 15 is 0 Å². The molecule has 0 aliphatic rings. The van der Waals surface area contributed by atoms with Gasteiger partial charge in [-0.3, -0.25) is 20.2 Å². The van der Waals surface area contributed by atoms with Gasteiger partial charge in [0, 0.05) is 12.1 Å². The van der Waals surface area contributed by atoms with E-state index in [1.165, 1.54) is 12.1 Å². The van der Waals surface area contributed by atoms with Crippen LogP contribution in [0.4, 0.5) is 11.4 Å². The minimum atomic E-state index is -0.461. The number of nitro groups is 2. The zero-order valence-electron chi connectivity index (χ0n) is 23.5. The lowest BCUT2D eigenvalue weighted by Crippen LogP contribution is -2.14. The molecule has 11 heteroatoms. The Morgan fingerprint density at radius 3 is 1.14 bits per heavy atom. The minimum Gasteiger partial charge on any atom is -0.484 e. The summed E-state index contributed by atoms with van der Waals surface area (Å²) in [5, 5.41) is 23.0. The average Bonchev–Trinajstić information content (AvgIpc) is 3.04. The van der Waals surface area contributed by atoms with E-state index in [9.17, 15) is 20.2 Å². The maximum absolute atomic E-state index is 11.5. The van der Waals surface area contributed by atoms with Gasteiger partial charge in [-0.25, -0.2) is 0 Å². The number of benzene rings is 4. The summed E-state index contributed by atoms with van der Waals surface area (Å²) in [4.78, 5) is 22.1. The molecule has 0 aliphatic carbocycles. The summed E-state index contributed by atoms with van der Waals surface area (Å²) >= 11 is 0. The first kappa shape index (κ1) is 31.1. The Labute approximate surface area is 248 Å². The van der Waals surface area contributed by atoms with Crippen molar-refractivity contribution in [3.05, 3.63) is 117 Å². The molecular formula is C32H32N2O9. The second kappa shape index (κ2) is 16.6. The first-order valence-corrected chi connectivity index (χ1v) is 13.7. The maximum atomic E-state index is 11.5. The molecule has 4 aromatic rings. The summed E-state index contributed by atoms with van der Waals surface area (Å²) in [7, 11) is 0. The number of rotatable bonds is 18. The van der Waals surface area contributed by atoms with Gasteiger partial charge in [-0.1, -0.05) is 72.8 Å². The number of nitrogens with zero attached hydrogens (tertiary/aromatic N) is 2. The Kier molecular flexibility index (Phi) is 12.0. The van der Waals surface area contributed by atoms with Crippen LogP contribution in [0.1, 0.15) is 0 Å². The van der Waals surface area contributed by atoms with E-state index in [1.54, 1.807) is 24.3 Å². The molecule has 0 N–H and O–H groups in total. The smallest absolute Gasteiger partial charge is 0.311 e. The van der Waals surface area contributed by atoms with Crippen LogP contribution >= 0.6 is 0 Å². The first-order chi connectivity index (χ1) is 21.0. The Morgan fingerprint density at radius 2 is 0.791 bits per heavy atom. The molecular weight excluding hydrogens is 556 g/mol. The number of hydrogen-bond donors (Lipinski definition) is 0. The molecule has 0 spiro atoms. The van der Waals surface area contributed by atoms with Gasteiger partial charge in [-0.15, -0.1) is 0 Å². The van der Waals surface area contributed by atoms with Crippen molar-refractivity contribution in [3.63, 3.8) is 0 Å². The fourth-order valence-electron chi connectivity index (χ4n) is 4.15. The van der Waals surface area contributed by atoms with Gasteiger partial charge in [0.1, 0.15) is 13.2 Å². The summed E-state index contributed by atoms with van der Waals surface area (Å²) < 4.78 is 27.6. The number of nitro benzene ring substituents is 2. The van der Waals surface area contributed by atoms with Gasteiger partial charge in [0.05, 0.1) is 49.5 Å². The lowest BCUT2D eigenvalue weighted by molar-refractivity contribution is -0.386. The third-order valence-corrected chi connectivity index (χ3v) is 6.24. The molecule has 0 heterocycles. The normalized spacial score (nSPS) is 10.8. The van der Waals surface area contributed by atoms with E-state index in [0.717, 1.165) is 22.3 Å². The minimum absolute atomic E-state index is 0.103. The van der Waals surface area contributed by atoms with E-state index in [1.807, 2.05) is 60.7 Å². The van der Waals surface area contributed by atoms with Gasteiger partial charge < -0.3 is 23.7 Å². The van der Waals surface area contributed by atoms with Crippen molar-refractivity contribution >= 4 is 11.4 Å². The summed E-state index contributed by atoms with van der Waals surface area (Å²) in [6.45, 7) is 2.12. The fourth-order valence-corrected chi connectivity index (χ4v) is 4.15. The van der Waals surface area contributed by atoms with Crippen molar-refractivity contribution in [2.45, 2.75) is 0 Å².